The minimum Gasteiger partial charge on any atom is -0.444 e. The first-order chi connectivity index (χ1) is 18.2. The molecule has 2 amide bonds. The zero-order valence-corrected chi connectivity index (χ0v) is 20.2. The summed E-state index contributed by atoms with van der Waals surface area (Å²) < 4.78 is 10.6. The third-order valence-electron chi connectivity index (χ3n) is 5.28. The number of carbonyl (C=O) groups is 2. The van der Waals surface area contributed by atoms with Crippen molar-refractivity contribution in [3.63, 3.8) is 0 Å². The summed E-state index contributed by atoms with van der Waals surface area (Å²) in [6.45, 7) is 0.216. The number of carbonyl (C=O) groups excluding carboxylic acids is 2. The van der Waals surface area contributed by atoms with Crippen LogP contribution in [0.25, 0.3) is 6.08 Å². The summed E-state index contributed by atoms with van der Waals surface area (Å²) in [6.07, 6.45) is 3.21. The van der Waals surface area contributed by atoms with Gasteiger partial charge in [-0.25, -0.2) is 14.6 Å². The SMILES string of the molecule is O=C(Nc1ccc(/C=C/Cc2ccccc2)nc1NC(=O)OCc1ccccc1)OCc1ccccc1. The van der Waals surface area contributed by atoms with Crippen LogP contribution >= 0.6 is 0 Å². The van der Waals surface area contributed by atoms with E-state index in [1.165, 1.54) is 5.56 Å². The summed E-state index contributed by atoms with van der Waals surface area (Å²) in [4.78, 5) is 29.4. The highest BCUT2D eigenvalue weighted by Crippen LogP contribution is 2.22. The minimum atomic E-state index is -0.692. The molecule has 3 aromatic carbocycles. The summed E-state index contributed by atoms with van der Waals surface area (Å²) in [7, 11) is 0. The van der Waals surface area contributed by atoms with Crippen LogP contribution in [0.2, 0.25) is 0 Å². The largest absolute Gasteiger partial charge is 0.444 e. The van der Waals surface area contributed by atoms with Gasteiger partial charge in [0, 0.05) is 0 Å². The predicted octanol–water partition coefficient (Wildman–Crippen LogP) is 6.83. The van der Waals surface area contributed by atoms with Gasteiger partial charge < -0.3 is 9.47 Å². The van der Waals surface area contributed by atoms with Crippen LogP contribution in [0.1, 0.15) is 22.4 Å². The second-order valence-corrected chi connectivity index (χ2v) is 8.10. The van der Waals surface area contributed by atoms with Crippen molar-refractivity contribution in [1.82, 2.24) is 4.98 Å². The zero-order chi connectivity index (χ0) is 25.7. The lowest BCUT2D eigenvalue weighted by atomic mass is 10.1. The highest BCUT2D eigenvalue weighted by atomic mass is 16.6. The van der Waals surface area contributed by atoms with Crippen molar-refractivity contribution in [2.45, 2.75) is 19.6 Å². The fourth-order valence-corrected chi connectivity index (χ4v) is 3.42. The average Bonchev–Trinajstić information content (AvgIpc) is 2.94. The molecule has 7 heteroatoms. The molecule has 0 fully saturated rings. The first kappa shape index (κ1) is 25.2. The second-order valence-electron chi connectivity index (χ2n) is 8.10. The van der Waals surface area contributed by atoms with E-state index in [1.54, 1.807) is 12.1 Å². The van der Waals surface area contributed by atoms with Crippen LogP contribution in [0.15, 0.2) is 109 Å². The fraction of sp³-hybridized carbons (Fsp3) is 0.100. The lowest BCUT2D eigenvalue weighted by Gasteiger charge is -2.13. The molecule has 2 N–H and O–H groups in total. The van der Waals surface area contributed by atoms with Gasteiger partial charge in [-0.3, -0.25) is 10.6 Å². The van der Waals surface area contributed by atoms with Crippen LogP contribution in [0.4, 0.5) is 21.1 Å². The van der Waals surface area contributed by atoms with Gasteiger partial charge in [0.1, 0.15) is 13.2 Å². The number of benzene rings is 3. The lowest BCUT2D eigenvalue weighted by molar-refractivity contribution is 0.153. The molecule has 0 aliphatic carbocycles. The maximum atomic E-state index is 12.5. The smallest absolute Gasteiger partial charge is 0.413 e. The number of aromatic nitrogens is 1. The van der Waals surface area contributed by atoms with Gasteiger partial charge in [-0.05, 0) is 41.3 Å². The molecule has 4 rings (SSSR count). The van der Waals surface area contributed by atoms with Crippen LogP contribution in [-0.4, -0.2) is 17.2 Å². The molecular weight excluding hydrogens is 466 g/mol. The van der Waals surface area contributed by atoms with E-state index in [1.807, 2.05) is 103 Å². The topological polar surface area (TPSA) is 89.6 Å². The third kappa shape index (κ3) is 8.36. The Bertz CT molecular complexity index is 1330. The Hall–Kier alpha value is -4.91. The fourth-order valence-electron chi connectivity index (χ4n) is 3.42. The highest BCUT2D eigenvalue weighted by Gasteiger charge is 2.14. The van der Waals surface area contributed by atoms with Gasteiger partial charge in [0.15, 0.2) is 5.82 Å². The molecule has 0 atom stereocenters. The summed E-state index contributed by atoms with van der Waals surface area (Å²) in [5.74, 6) is 0.150. The molecular formula is C30H27N3O4. The van der Waals surface area contributed by atoms with Gasteiger partial charge >= 0.3 is 12.2 Å². The van der Waals surface area contributed by atoms with E-state index in [-0.39, 0.29) is 24.7 Å². The van der Waals surface area contributed by atoms with Crippen molar-refractivity contribution in [2.75, 3.05) is 10.6 Å². The van der Waals surface area contributed by atoms with Crippen LogP contribution in [0.3, 0.4) is 0 Å². The average molecular weight is 494 g/mol. The molecule has 0 saturated carbocycles. The first-order valence-electron chi connectivity index (χ1n) is 11.8. The van der Waals surface area contributed by atoms with Crippen LogP contribution in [-0.2, 0) is 29.1 Å². The number of hydrogen-bond donors (Lipinski definition) is 2. The molecule has 0 radical (unpaired) electrons. The van der Waals surface area contributed by atoms with E-state index >= 15 is 0 Å². The van der Waals surface area contributed by atoms with Crippen molar-refractivity contribution in [1.29, 1.82) is 0 Å². The second kappa shape index (κ2) is 13.3. The number of pyridine rings is 1. The van der Waals surface area contributed by atoms with Gasteiger partial charge in [-0.1, -0.05) is 97.1 Å². The van der Waals surface area contributed by atoms with E-state index in [4.69, 9.17) is 9.47 Å². The van der Waals surface area contributed by atoms with Gasteiger partial charge in [0.2, 0.25) is 0 Å². The number of nitrogens with zero attached hydrogens (tertiary/aromatic N) is 1. The molecule has 0 saturated heterocycles. The van der Waals surface area contributed by atoms with Gasteiger partial charge in [-0.2, -0.15) is 0 Å². The Morgan fingerprint density at radius 1 is 0.649 bits per heavy atom. The van der Waals surface area contributed by atoms with E-state index in [9.17, 15) is 9.59 Å². The number of nitrogens with one attached hydrogen (secondary N) is 2. The van der Waals surface area contributed by atoms with Crippen molar-refractivity contribution < 1.29 is 19.1 Å². The molecule has 0 aliphatic heterocycles. The molecule has 7 nitrogen and oxygen atoms in total. The monoisotopic (exact) mass is 493 g/mol. The van der Waals surface area contributed by atoms with Gasteiger partial charge in [0.25, 0.3) is 0 Å². The molecule has 1 heterocycles. The normalized spacial score (nSPS) is 10.6. The maximum Gasteiger partial charge on any atom is 0.413 e. The van der Waals surface area contributed by atoms with E-state index in [2.05, 4.69) is 15.6 Å². The Morgan fingerprint density at radius 3 is 1.73 bits per heavy atom. The maximum absolute atomic E-state index is 12.5. The van der Waals surface area contributed by atoms with Crippen LogP contribution in [0, 0.1) is 0 Å². The zero-order valence-electron chi connectivity index (χ0n) is 20.2. The van der Waals surface area contributed by atoms with E-state index in [0.717, 1.165) is 17.5 Å². The Balaban J connectivity index is 1.44. The van der Waals surface area contributed by atoms with Crippen molar-refractivity contribution in [3.05, 3.63) is 132 Å². The molecule has 186 valence electrons. The summed E-state index contributed by atoms with van der Waals surface area (Å²) in [5, 5.41) is 5.28. The first-order valence-corrected chi connectivity index (χ1v) is 11.8. The number of amides is 2. The lowest BCUT2D eigenvalue weighted by Crippen LogP contribution is -2.19. The van der Waals surface area contributed by atoms with E-state index in [0.29, 0.717) is 5.69 Å². The molecule has 37 heavy (non-hydrogen) atoms. The van der Waals surface area contributed by atoms with Crippen molar-refractivity contribution in [3.8, 4) is 0 Å². The Labute approximate surface area is 215 Å². The molecule has 0 bridgehead atoms. The highest BCUT2D eigenvalue weighted by molar-refractivity contribution is 5.94. The standard InChI is InChI=1S/C30H27N3O4/c34-29(36-21-24-13-6-2-7-14-24)32-27-20-19-26(18-10-17-23-11-4-1-5-12-23)31-28(27)33-30(35)37-22-25-15-8-3-9-16-25/h1-16,18-20H,17,21-22H2,(H,32,34)(H,31,33,35)/b18-10+. The molecule has 1 aromatic heterocycles. The number of ether oxygens (including phenoxy) is 2. The van der Waals surface area contributed by atoms with Gasteiger partial charge in [0.05, 0.1) is 11.4 Å². The number of hydrogen-bond acceptors (Lipinski definition) is 5. The van der Waals surface area contributed by atoms with Crippen molar-refractivity contribution in [2.24, 2.45) is 0 Å². The van der Waals surface area contributed by atoms with Gasteiger partial charge in [-0.15, -0.1) is 0 Å². The number of anilines is 2. The van der Waals surface area contributed by atoms with Crippen molar-refractivity contribution >= 4 is 29.8 Å². The molecule has 0 unspecified atom stereocenters. The number of rotatable bonds is 9. The van der Waals surface area contributed by atoms with E-state index < -0.39 is 12.2 Å². The predicted molar refractivity (Wildman–Crippen MR) is 144 cm³/mol. The Morgan fingerprint density at radius 2 is 1.16 bits per heavy atom. The molecule has 4 aromatic rings. The molecule has 0 spiro atoms. The quantitative estimate of drug-likeness (QED) is 0.267. The summed E-state index contributed by atoms with van der Waals surface area (Å²) >= 11 is 0. The summed E-state index contributed by atoms with van der Waals surface area (Å²) in [5.41, 5.74) is 3.78. The van der Waals surface area contributed by atoms with Crippen LogP contribution < -0.4 is 10.6 Å². The molecule has 0 aliphatic rings. The summed E-state index contributed by atoms with van der Waals surface area (Å²) in [6, 6.07) is 32.1. The Kier molecular flexibility index (Phi) is 9.02. The number of allylic oxidation sites excluding steroid dienone is 1. The minimum absolute atomic E-state index is 0.102. The van der Waals surface area contributed by atoms with Crippen LogP contribution in [0.5, 0.6) is 0 Å². The third-order valence-corrected chi connectivity index (χ3v) is 5.28.